The first-order valence-corrected chi connectivity index (χ1v) is 16.3. The summed E-state index contributed by atoms with van der Waals surface area (Å²) in [5.41, 5.74) is 2.09. The van der Waals surface area contributed by atoms with E-state index in [0.29, 0.717) is 34.2 Å². The third kappa shape index (κ3) is 5.94. The van der Waals surface area contributed by atoms with Crippen molar-refractivity contribution in [1.29, 1.82) is 0 Å². The van der Waals surface area contributed by atoms with Crippen LogP contribution in [0.5, 0.6) is 0 Å². The number of nitro benzene ring substituents is 1. The van der Waals surface area contributed by atoms with Crippen LogP contribution >= 0.6 is 18.7 Å². The van der Waals surface area contributed by atoms with Crippen molar-refractivity contribution in [3.05, 3.63) is 63.8 Å². The molecule has 2 aromatic carbocycles. The van der Waals surface area contributed by atoms with Gasteiger partial charge >= 0.3 is 0 Å². The van der Waals surface area contributed by atoms with Crippen LogP contribution in [0.1, 0.15) is 25.7 Å². The van der Waals surface area contributed by atoms with Crippen LogP contribution < -0.4 is 20.8 Å². The molecule has 1 aliphatic carbocycles. The highest BCUT2D eigenvalue weighted by Gasteiger charge is 2.46. The first kappa shape index (κ1) is 28.3. The van der Waals surface area contributed by atoms with Crippen LogP contribution in [-0.2, 0) is 4.57 Å². The number of aromatic nitrogens is 2. The van der Waals surface area contributed by atoms with Crippen molar-refractivity contribution in [2.45, 2.75) is 31.7 Å². The summed E-state index contributed by atoms with van der Waals surface area (Å²) >= 11 is 6.36. The molecule has 3 aromatic rings. The summed E-state index contributed by atoms with van der Waals surface area (Å²) in [5, 5.41) is 19.2. The Balaban J connectivity index is 1.31. The van der Waals surface area contributed by atoms with E-state index < -0.39 is 7.14 Å². The van der Waals surface area contributed by atoms with E-state index in [9.17, 15) is 14.7 Å². The summed E-state index contributed by atoms with van der Waals surface area (Å²) in [4.78, 5) is 24.9. The quantitative estimate of drug-likeness (QED) is 0.185. The normalized spacial score (nSPS) is 17.1. The molecule has 1 saturated heterocycles. The SMILES string of the molecule is CN(C)C1CCC2(CC1)CN(c1ccc(Nc3ncc(Cl)c(Nc4ccccc4P(C)(C)=O)n3)cc1[N+](=O)[O-])C2. The van der Waals surface area contributed by atoms with Gasteiger partial charge in [0.05, 0.1) is 16.8 Å². The lowest BCUT2D eigenvalue weighted by molar-refractivity contribution is -0.384. The number of para-hydroxylation sites is 1. The fraction of sp³-hybridized carbons (Fsp3) is 0.429. The molecule has 212 valence electrons. The van der Waals surface area contributed by atoms with Gasteiger partial charge < -0.3 is 25.0 Å². The Morgan fingerprint density at radius 3 is 2.48 bits per heavy atom. The van der Waals surface area contributed by atoms with Crippen LogP contribution in [0.25, 0.3) is 0 Å². The van der Waals surface area contributed by atoms with E-state index in [4.69, 9.17) is 11.6 Å². The number of halogens is 1. The standard InChI is InChI=1S/C28H35ClN7O3P/c1-34(2)20-11-13-28(14-12-20)17-35(18-28)23-10-9-19(15-24(23)36(37)38)31-27-30-16-21(29)26(33-27)32-22-7-5-6-8-25(22)40(3,4)39/h5-10,15-16,20H,11-14,17-18H2,1-4H3,(H2,30,31,32,33). The summed E-state index contributed by atoms with van der Waals surface area (Å²) in [5.74, 6) is 0.559. The van der Waals surface area contributed by atoms with Crippen molar-refractivity contribution in [1.82, 2.24) is 14.9 Å². The molecule has 12 heteroatoms. The van der Waals surface area contributed by atoms with E-state index in [1.54, 1.807) is 25.5 Å². The van der Waals surface area contributed by atoms with Gasteiger partial charge in [0.2, 0.25) is 5.95 Å². The molecule has 10 nitrogen and oxygen atoms in total. The number of nitrogens with zero attached hydrogens (tertiary/aromatic N) is 5. The van der Waals surface area contributed by atoms with Crippen LogP contribution in [0.15, 0.2) is 48.7 Å². The Morgan fingerprint density at radius 1 is 1.12 bits per heavy atom. The molecule has 0 bridgehead atoms. The highest BCUT2D eigenvalue weighted by molar-refractivity contribution is 7.70. The zero-order valence-corrected chi connectivity index (χ0v) is 24.9. The third-order valence-electron chi connectivity index (χ3n) is 8.05. The maximum atomic E-state index is 12.8. The van der Waals surface area contributed by atoms with Crippen molar-refractivity contribution in [3.63, 3.8) is 0 Å². The van der Waals surface area contributed by atoms with Gasteiger partial charge in [0, 0.05) is 41.6 Å². The predicted octanol–water partition coefficient (Wildman–Crippen LogP) is 6.08. The van der Waals surface area contributed by atoms with E-state index in [1.807, 2.05) is 24.3 Å². The molecule has 0 amide bonds. The Kier molecular flexibility index (Phi) is 7.79. The van der Waals surface area contributed by atoms with Crippen molar-refractivity contribution in [3.8, 4) is 0 Å². The molecular weight excluding hydrogens is 549 g/mol. The summed E-state index contributed by atoms with van der Waals surface area (Å²) in [6.07, 6.45) is 6.11. The van der Waals surface area contributed by atoms with Crippen LogP contribution in [0, 0.1) is 15.5 Å². The van der Waals surface area contributed by atoms with Gasteiger partial charge in [-0.05, 0) is 77.4 Å². The lowest BCUT2D eigenvalue weighted by atomic mass is 9.67. The minimum atomic E-state index is -2.55. The number of nitrogens with one attached hydrogen (secondary N) is 2. The van der Waals surface area contributed by atoms with Crippen molar-refractivity contribution in [2.75, 3.05) is 56.0 Å². The van der Waals surface area contributed by atoms with Gasteiger partial charge in [-0.3, -0.25) is 10.1 Å². The Morgan fingerprint density at radius 2 is 1.82 bits per heavy atom. The molecule has 2 N–H and O–H groups in total. The molecule has 0 atom stereocenters. The number of hydrogen-bond acceptors (Lipinski definition) is 9. The molecular formula is C28H35ClN7O3P. The zero-order chi connectivity index (χ0) is 28.7. The van der Waals surface area contributed by atoms with Gasteiger partial charge in [-0.2, -0.15) is 4.98 Å². The first-order valence-electron chi connectivity index (χ1n) is 13.4. The highest BCUT2D eigenvalue weighted by Crippen LogP contribution is 2.48. The predicted molar refractivity (Wildman–Crippen MR) is 163 cm³/mol. The molecule has 1 aromatic heterocycles. The van der Waals surface area contributed by atoms with Crippen LogP contribution in [0.4, 0.5) is 34.5 Å². The van der Waals surface area contributed by atoms with Crippen LogP contribution in [0.3, 0.4) is 0 Å². The second-order valence-corrected chi connectivity index (χ2v) is 15.1. The second-order valence-electron chi connectivity index (χ2n) is 11.5. The van der Waals surface area contributed by atoms with E-state index >= 15 is 0 Å². The molecule has 1 spiro atoms. The van der Waals surface area contributed by atoms with E-state index in [2.05, 4.69) is 44.5 Å². The number of anilines is 5. The van der Waals surface area contributed by atoms with Crippen molar-refractivity contribution in [2.24, 2.45) is 5.41 Å². The molecule has 40 heavy (non-hydrogen) atoms. The van der Waals surface area contributed by atoms with E-state index in [0.717, 1.165) is 25.9 Å². The highest BCUT2D eigenvalue weighted by atomic mass is 35.5. The largest absolute Gasteiger partial charge is 0.365 e. The second kappa shape index (κ2) is 11.0. The molecule has 2 heterocycles. The smallest absolute Gasteiger partial charge is 0.294 e. The minimum Gasteiger partial charge on any atom is -0.365 e. The van der Waals surface area contributed by atoms with Crippen LogP contribution in [-0.4, -0.2) is 66.3 Å². The topological polar surface area (TPSA) is 117 Å². The lowest BCUT2D eigenvalue weighted by Crippen LogP contribution is -2.58. The molecule has 2 fully saturated rings. The Labute approximate surface area is 239 Å². The molecule has 1 aliphatic heterocycles. The number of benzene rings is 2. The van der Waals surface area contributed by atoms with Gasteiger partial charge in [-0.15, -0.1) is 0 Å². The fourth-order valence-corrected chi connectivity index (χ4v) is 7.11. The molecule has 5 rings (SSSR count). The zero-order valence-electron chi connectivity index (χ0n) is 23.2. The lowest BCUT2D eigenvalue weighted by Gasteiger charge is -2.54. The molecule has 0 radical (unpaired) electrons. The molecule has 0 unspecified atom stereocenters. The Hall–Kier alpha value is -3.20. The maximum Gasteiger partial charge on any atom is 0.294 e. The van der Waals surface area contributed by atoms with Gasteiger partial charge in [0.1, 0.15) is 17.9 Å². The van der Waals surface area contributed by atoms with Crippen molar-refractivity contribution < 1.29 is 9.49 Å². The van der Waals surface area contributed by atoms with E-state index in [-0.39, 0.29) is 27.0 Å². The summed E-state index contributed by atoms with van der Waals surface area (Å²) in [7, 11) is 1.72. The summed E-state index contributed by atoms with van der Waals surface area (Å²) in [6.45, 7) is 5.10. The van der Waals surface area contributed by atoms with Crippen LogP contribution in [0.2, 0.25) is 5.02 Å². The molecule has 2 aliphatic rings. The first-order chi connectivity index (χ1) is 18.9. The van der Waals surface area contributed by atoms with Crippen molar-refractivity contribution >= 4 is 58.6 Å². The molecule has 1 saturated carbocycles. The summed E-state index contributed by atoms with van der Waals surface area (Å²) in [6, 6.07) is 13.1. The fourth-order valence-electron chi connectivity index (χ4n) is 5.82. The monoisotopic (exact) mass is 583 g/mol. The number of hydrogen-bond donors (Lipinski definition) is 2. The van der Waals surface area contributed by atoms with Gasteiger partial charge in [0.15, 0.2) is 5.82 Å². The van der Waals surface area contributed by atoms with Gasteiger partial charge in [0.25, 0.3) is 5.69 Å². The summed E-state index contributed by atoms with van der Waals surface area (Å²) < 4.78 is 12.8. The average Bonchev–Trinajstić information content (AvgIpc) is 2.89. The van der Waals surface area contributed by atoms with Gasteiger partial charge in [-0.25, -0.2) is 4.98 Å². The van der Waals surface area contributed by atoms with Gasteiger partial charge in [-0.1, -0.05) is 23.7 Å². The Bertz CT molecular complexity index is 1460. The maximum absolute atomic E-state index is 12.8. The average molecular weight is 584 g/mol. The van der Waals surface area contributed by atoms with E-state index in [1.165, 1.54) is 25.1 Å². The number of rotatable bonds is 8. The number of nitro groups is 1. The minimum absolute atomic E-state index is 0.0460. The third-order valence-corrected chi connectivity index (χ3v) is 9.88.